The van der Waals surface area contributed by atoms with Crippen LogP contribution < -0.4 is 20.7 Å². The van der Waals surface area contributed by atoms with Gasteiger partial charge in [-0.25, -0.2) is 0 Å². The summed E-state index contributed by atoms with van der Waals surface area (Å²) >= 11 is 0. The molecule has 2 heterocycles. The quantitative estimate of drug-likeness (QED) is 0.124. The first kappa shape index (κ1) is 43.2. The van der Waals surface area contributed by atoms with E-state index < -0.39 is 0 Å². The molecule has 2 aliphatic heterocycles. The zero-order valence-electron chi connectivity index (χ0n) is 40.6. The van der Waals surface area contributed by atoms with Crippen molar-refractivity contribution in [1.29, 1.82) is 0 Å². The predicted molar refractivity (Wildman–Crippen MR) is 274 cm³/mol. The molecule has 0 amide bonds. The van der Waals surface area contributed by atoms with Gasteiger partial charge in [-0.3, -0.25) is 0 Å². The van der Waals surface area contributed by atoms with Crippen LogP contribution in [0.15, 0.2) is 145 Å². The third kappa shape index (κ3) is 7.56. The minimum absolute atomic E-state index is 0.0130. The van der Waals surface area contributed by atoms with Crippen molar-refractivity contribution in [1.82, 2.24) is 0 Å². The molecule has 2 nitrogen and oxygen atoms in total. The minimum atomic E-state index is -0.126. The Labute approximate surface area is 381 Å². The average Bonchev–Trinajstić information content (AvgIpc) is 3.25. The Balaban J connectivity index is 1.30. The molecule has 63 heavy (non-hydrogen) atoms. The van der Waals surface area contributed by atoms with Crippen molar-refractivity contribution >= 4 is 46.1 Å². The maximum atomic E-state index is 2.80. The molecule has 2 aliphatic carbocycles. The summed E-state index contributed by atoms with van der Waals surface area (Å²) in [4.78, 5) is 5.43. The molecule has 0 spiro atoms. The Morgan fingerprint density at radius 1 is 0.524 bits per heavy atom. The smallest absolute Gasteiger partial charge is 0.223 e. The van der Waals surface area contributed by atoms with Crippen molar-refractivity contribution in [3.05, 3.63) is 173 Å². The van der Waals surface area contributed by atoms with Gasteiger partial charge in [-0.15, -0.1) is 0 Å². The van der Waals surface area contributed by atoms with Gasteiger partial charge in [0.2, 0.25) is 6.71 Å². The standard InChI is InChI=1S/C60H71BN2/c1-56(2,3)40-24-30-47(31-25-40)62-52-35-29-45(60(12,13)42-22-18-15-19-23-42)37-50(52)61-49-36-44(57(4,5)6)28-34-51(49)63(54-39-46(58(7,8)9)38-53(62)55(54)61)48-32-26-43(27-33-48)59(10,11)41-20-16-14-17-21-41/h14-22,24-34,36,38-39,42,50,52H,23,35,37H2,1-13H3. The molecule has 0 N–H and O–H groups in total. The lowest BCUT2D eigenvalue weighted by Gasteiger charge is -2.54. The maximum absolute atomic E-state index is 2.80. The van der Waals surface area contributed by atoms with Gasteiger partial charge in [-0.1, -0.05) is 193 Å². The van der Waals surface area contributed by atoms with E-state index in [2.05, 4.69) is 239 Å². The lowest BCUT2D eigenvalue weighted by atomic mass is 9.27. The molecule has 3 atom stereocenters. The van der Waals surface area contributed by atoms with Crippen molar-refractivity contribution < 1.29 is 0 Å². The Kier molecular flexibility index (Phi) is 10.5. The van der Waals surface area contributed by atoms with Gasteiger partial charge in [0.25, 0.3) is 0 Å². The lowest BCUT2D eigenvalue weighted by Crippen LogP contribution is -2.63. The van der Waals surface area contributed by atoms with E-state index in [0.717, 1.165) is 19.3 Å². The van der Waals surface area contributed by atoms with Gasteiger partial charge in [-0.05, 0) is 134 Å². The summed E-state index contributed by atoms with van der Waals surface area (Å²) < 4.78 is 0. The van der Waals surface area contributed by atoms with Crippen LogP contribution in [-0.2, 0) is 21.7 Å². The second kappa shape index (κ2) is 15.3. The van der Waals surface area contributed by atoms with Crippen LogP contribution in [-0.4, -0.2) is 12.8 Å². The van der Waals surface area contributed by atoms with Crippen LogP contribution >= 0.6 is 0 Å². The topological polar surface area (TPSA) is 6.48 Å². The summed E-state index contributed by atoms with van der Waals surface area (Å²) in [5.74, 6) is 0.871. The second-order valence-electron chi connectivity index (χ2n) is 23.5. The van der Waals surface area contributed by atoms with E-state index in [9.17, 15) is 0 Å². The maximum Gasteiger partial charge on any atom is 0.223 e. The SMILES string of the molecule is CC(C)(C)c1ccc(N2c3cc(C(C)(C)C)cc4c3B(c3cc(C(C)(C)C)ccc3N4c3ccc(C(C)(C)c4ccccc4)cc3)C3CC(C(C)(C)C4C=CC=CC4)=CCC32)cc1. The van der Waals surface area contributed by atoms with E-state index in [1.165, 1.54) is 67.2 Å². The summed E-state index contributed by atoms with van der Waals surface area (Å²) in [6.07, 6.45) is 15.2. The molecule has 5 aromatic carbocycles. The highest BCUT2D eigenvalue weighted by atomic mass is 15.2. The van der Waals surface area contributed by atoms with Gasteiger partial charge in [0.05, 0.1) is 0 Å². The third-order valence-electron chi connectivity index (χ3n) is 15.7. The van der Waals surface area contributed by atoms with Crippen LogP contribution in [0.25, 0.3) is 0 Å². The molecule has 4 aliphatic rings. The zero-order valence-corrected chi connectivity index (χ0v) is 40.6. The van der Waals surface area contributed by atoms with Gasteiger partial charge in [0, 0.05) is 39.9 Å². The van der Waals surface area contributed by atoms with Crippen molar-refractivity contribution in [2.45, 2.75) is 143 Å². The lowest BCUT2D eigenvalue weighted by molar-refractivity contribution is 0.300. The molecule has 9 rings (SSSR count). The number of fused-ring (bicyclic) bond motifs is 4. The number of benzene rings is 5. The largest absolute Gasteiger partial charge is 0.339 e. The predicted octanol–water partition coefficient (Wildman–Crippen LogP) is 15.1. The Bertz CT molecular complexity index is 2600. The highest BCUT2D eigenvalue weighted by Crippen LogP contribution is 2.54. The molecular weight excluding hydrogens is 759 g/mol. The van der Waals surface area contributed by atoms with E-state index in [0.29, 0.717) is 17.8 Å². The van der Waals surface area contributed by atoms with Gasteiger partial charge in [-0.2, -0.15) is 0 Å². The first-order valence-corrected chi connectivity index (χ1v) is 23.9. The molecular formula is C60H71BN2. The summed E-state index contributed by atoms with van der Waals surface area (Å²) in [6, 6.07) is 43.1. The second-order valence-corrected chi connectivity index (χ2v) is 23.5. The van der Waals surface area contributed by atoms with E-state index in [-0.39, 0.29) is 33.8 Å². The molecule has 3 heteroatoms. The molecule has 0 fully saturated rings. The van der Waals surface area contributed by atoms with E-state index in [1.54, 1.807) is 5.57 Å². The van der Waals surface area contributed by atoms with Gasteiger partial charge >= 0.3 is 0 Å². The fourth-order valence-corrected chi connectivity index (χ4v) is 11.3. The van der Waals surface area contributed by atoms with Crippen LogP contribution in [0.3, 0.4) is 0 Å². The minimum Gasteiger partial charge on any atom is -0.339 e. The third-order valence-corrected chi connectivity index (χ3v) is 15.7. The summed E-state index contributed by atoms with van der Waals surface area (Å²) in [6.45, 7) is 31.2. The molecule has 0 saturated heterocycles. The molecule has 0 bridgehead atoms. The molecule has 324 valence electrons. The van der Waals surface area contributed by atoms with Crippen molar-refractivity contribution in [2.24, 2.45) is 11.3 Å². The van der Waals surface area contributed by atoms with Crippen LogP contribution in [0, 0.1) is 11.3 Å². The van der Waals surface area contributed by atoms with Crippen molar-refractivity contribution in [3.63, 3.8) is 0 Å². The first-order chi connectivity index (χ1) is 29.7. The van der Waals surface area contributed by atoms with Crippen molar-refractivity contribution in [3.8, 4) is 0 Å². The number of anilines is 5. The fraction of sp³-hybridized carbons (Fsp3) is 0.400. The summed E-state index contributed by atoms with van der Waals surface area (Å²) in [7, 11) is 0. The summed E-state index contributed by atoms with van der Waals surface area (Å²) in [5, 5.41) is 0. The van der Waals surface area contributed by atoms with Crippen LogP contribution in [0.4, 0.5) is 28.4 Å². The first-order valence-electron chi connectivity index (χ1n) is 23.9. The number of rotatable bonds is 6. The Morgan fingerprint density at radius 2 is 1.11 bits per heavy atom. The number of allylic oxidation sites excluding steroid dienone is 5. The molecule has 0 radical (unpaired) electrons. The Morgan fingerprint density at radius 3 is 1.73 bits per heavy atom. The van der Waals surface area contributed by atoms with Crippen molar-refractivity contribution in [2.75, 3.05) is 9.80 Å². The number of nitrogens with zero attached hydrogens (tertiary/aromatic N) is 2. The number of hydrogen-bond acceptors (Lipinski definition) is 2. The Hall–Kier alpha value is -5.02. The van der Waals surface area contributed by atoms with Gasteiger partial charge < -0.3 is 9.80 Å². The highest BCUT2D eigenvalue weighted by Gasteiger charge is 2.52. The van der Waals surface area contributed by atoms with E-state index in [4.69, 9.17) is 0 Å². The zero-order chi connectivity index (χ0) is 44.9. The van der Waals surface area contributed by atoms with Crippen LogP contribution in [0.5, 0.6) is 0 Å². The van der Waals surface area contributed by atoms with Gasteiger partial charge in [0.1, 0.15) is 0 Å². The average molecular weight is 831 g/mol. The highest BCUT2D eigenvalue weighted by molar-refractivity contribution is 6.91. The monoisotopic (exact) mass is 831 g/mol. The van der Waals surface area contributed by atoms with E-state index in [1.807, 2.05) is 0 Å². The number of hydrogen-bond donors (Lipinski definition) is 0. The van der Waals surface area contributed by atoms with Crippen LogP contribution in [0.1, 0.15) is 137 Å². The van der Waals surface area contributed by atoms with Crippen LogP contribution in [0.2, 0.25) is 5.82 Å². The normalized spacial score (nSPS) is 20.0. The molecule has 0 aromatic heterocycles. The fourth-order valence-electron chi connectivity index (χ4n) is 11.3. The molecule has 0 saturated carbocycles. The molecule has 3 unspecified atom stereocenters. The summed E-state index contributed by atoms with van der Waals surface area (Å²) in [5.41, 5.74) is 17.9. The van der Waals surface area contributed by atoms with Gasteiger partial charge in [0.15, 0.2) is 0 Å². The van der Waals surface area contributed by atoms with E-state index >= 15 is 0 Å². The molecule has 5 aromatic rings.